The second-order valence-corrected chi connectivity index (χ2v) is 7.72. The minimum Gasteiger partial charge on any atom is -0.352 e. The lowest BCUT2D eigenvalue weighted by Crippen LogP contribution is -2.40. The van der Waals surface area contributed by atoms with Crippen molar-refractivity contribution in [3.05, 3.63) is 71.3 Å². The number of amides is 2. The van der Waals surface area contributed by atoms with E-state index in [0.717, 1.165) is 37.9 Å². The van der Waals surface area contributed by atoms with Gasteiger partial charge < -0.3 is 10.2 Å². The molecule has 0 aromatic heterocycles. The molecule has 3 rings (SSSR count). The number of nitrogens with one attached hydrogen (secondary N) is 1. The molecule has 2 aromatic carbocycles. The summed E-state index contributed by atoms with van der Waals surface area (Å²) in [7, 11) is 0. The van der Waals surface area contributed by atoms with Crippen molar-refractivity contribution in [3.8, 4) is 0 Å². The zero-order valence-electron chi connectivity index (χ0n) is 16.7. The van der Waals surface area contributed by atoms with Crippen LogP contribution in [0, 0.1) is 12.8 Å². The van der Waals surface area contributed by atoms with E-state index < -0.39 is 0 Å². The predicted octanol–water partition coefficient (Wildman–Crippen LogP) is 3.99. The Labute approximate surface area is 167 Å². The summed E-state index contributed by atoms with van der Waals surface area (Å²) >= 11 is 0. The monoisotopic (exact) mass is 378 g/mol. The van der Waals surface area contributed by atoms with Crippen LogP contribution in [0.5, 0.6) is 0 Å². The molecule has 0 bridgehead atoms. The normalized spacial score (nSPS) is 14.7. The number of hydrogen-bond acceptors (Lipinski definition) is 2. The van der Waals surface area contributed by atoms with Gasteiger partial charge in [-0.1, -0.05) is 48.0 Å². The molecular formula is C24H30N2O2. The fraction of sp³-hybridized carbons (Fsp3) is 0.417. The van der Waals surface area contributed by atoms with Gasteiger partial charge in [-0.05, 0) is 56.2 Å². The quantitative estimate of drug-likeness (QED) is 0.792. The maximum atomic E-state index is 12.4. The molecule has 0 radical (unpaired) electrons. The topological polar surface area (TPSA) is 49.4 Å². The fourth-order valence-corrected chi connectivity index (χ4v) is 3.82. The van der Waals surface area contributed by atoms with Crippen LogP contribution in [-0.4, -0.2) is 36.3 Å². The maximum absolute atomic E-state index is 12.4. The summed E-state index contributed by atoms with van der Waals surface area (Å²) in [6.45, 7) is 4.03. The summed E-state index contributed by atoms with van der Waals surface area (Å²) in [6, 6.07) is 18.1. The molecule has 1 saturated heterocycles. The second kappa shape index (κ2) is 10.1. The summed E-state index contributed by atoms with van der Waals surface area (Å²) in [5.74, 6) is 0.729. The highest BCUT2D eigenvalue weighted by molar-refractivity contribution is 5.94. The Morgan fingerprint density at radius 1 is 1.04 bits per heavy atom. The van der Waals surface area contributed by atoms with Gasteiger partial charge in [-0.3, -0.25) is 9.59 Å². The number of carbonyl (C=O) groups is 2. The summed E-state index contributed by atoms with van der Waals surface area (Å²) in [4.78, 5) is 26.5. The highest BCUT2D eigenvalue weighted by Gasteiger charge is 2.22. The van der Waals surface area contributed by atoms with Gasteiger partial charge in [0.25, 0.3) is 5.91 Å². The average molecular weight is 379 g/mol. The number of aryl methyl sites for hydroxylation is 2. The number of hydrogen-bond donors (Lipinski definition) is 1. The van der Waals surface area contributed by atoms with Gasteiger partial charge in [0, 0.05) is 31.6 Å². The van der Waals surface area contributed by atoms with Gasteiger partial charge in [-0.2, -0.15) is 0 Å². The van der Waals surface area contributed by atoms with E-state index in [1.165, 1.54) is 12.0 Å². The highest BCUT2D eigenvalue weighted by atomic mass is 16.2. The smallest absolute Gasteiger partial charge is 0.251 e. The van der Waals surface area contributed by atoms with Crippen molar-refractivity contribution in [3.63, 3.8) is 0 Å². The molecular weight excluding hydrogens is 348 g/mol. The van der Waals surface area contributed by atoms with Gasteiger partial charge in [-0.15, -0.1) is 0 Å². The standard InChI is InChI=1S/C24H30N2O2/c1-19-6-5-9-22(18-19)24(28)25-15-12-23(27)26-16-13-21(14-17-26)11-10-20-7-3-2-4-8-20/h2-9,18,21H,10-17H2,1H3,(H,25,28). The molecule has 1 heterocycles. The molecule has 0 aliphatic carbocycles. The Morgan fingerprint density at radius 2 is 1.79 bits per heavy atom. The first-order chi connectivity index (χ1) is 13.6. The fourth-order valence-electron chi connectivity index (χ4n) is 3.82. The number of benzene rings is 2. The molecule has 28 heavy (non-hydrogen) atoms. The predicted molar refractivity (Wildman–Crippen MR) is 112 cm³/mol. The van der Waals surface area contributed by atoms with Gasteiger partial charge in [0.1, 0.15) is 0 Å². The van der Waals surface area contributed by atoms with Crippen molar-refractivity contribution in [2.24, 2.45) is 5.92 Å². The first-order valence-electron chi connectivity index (χ1n) is 10.3. The Balaban J connectivity index is 1.34. The molecule has 0 unspecified atom stereocenters. The number of likely N-dealkylation sites (tertiary alicyclic amines) is 1. The maximum Gasteiger partial charge on any atom is 0.251 e. The first-order valence-corrected chi connectivity index (χ1v) is 10.3. The molecule has 1 aliphatic rings. The lowest BCUT2D eigenvalue weighted by Gasteiger charge is -2.32. The van der Waals surface area contributed by atoms with Gasteiger partial charge >= 0.3 is 0 Å². The second-order valence-electron chi connectivity index (χ2n) is 7.72. The van der Waals surface area contributed by atoms with Crippen molar-refractivity contribution < 1.29 is 9.59 Å². The van der Waals surface area contributed by atoms with E-state index in [9.17, 15) is 9.59 Å². The van der Waals surface area contributed by atoms with Gasteiger partial charge in [0.15, 0.2) is 0 Å². The van der Waals surface area contributed by atoms with Crippen LogP contribution in [0.2, 0.25) is 0 Å². The van der Waals surface area contributed by atoms with Gasteiger partial charge in [0.05, 0.1) is 0 Å². The molecule has 1 N–H and O–H groups in total. The number of nitrogens with zero attached hydrogens (tertiary/aromatic N) is 1. The van der Waals surface area contributed by atoms with Crippen LogP contribution in [0.15, 0.2) is 54.6 Å². The van der Waals surface area contributed by atoms with E-state index in [0.29, 0.717) is 24.4 Å². The van der Waals surface area contributed by atoms with E-state index in [-0.39, 0.29) is 11.8 Å². The van der Waals surface area contributed by atoms with E-state index in [4.69, 9.17) is 0 Å². The van der Waals surface area contributed by atoms with Crippen LogP contribution in [-0.2, 0) is 11.2 Å². The minimum absolute atomic E-state index is 0.115. The van der Waals surface area contributed by atoms with Crippen LogP contribution < -0.4 is 5.32 Å². The molecule has 2 aromatic rings. The highest BCUT2D eigenvalue weighted by Crippen LogP contribution is 2.22. The molecule has 1 fully saturated rings. The average Bonchev–Trinajstić information content (AvgIpc) is 2.73. The van der Waals surface area contributed by atoms with Crippen molar-refractivity contribution in [2.75, 3.05) is 19.6 Å². The molecule has 0 saturated carbocycles. The Hall–Kier alpha value is -2.62. The van der Waals surface area contributed by atoms with Crippen molar-refractivity contribution in [1.29, 1.82) is 0 Å². The number of piperidine rings is 1. The largest absolute Gasteiger partial charge is 0.352 e. The van der Waals surface area contributed by atoms with E-state index in [2.05, 4.69) is 35.6 Å². The SMILES string of the molecule is Cc1cccc(C(=O)NCCC(=O)N2CCC(CCc3ccccc3)CC2)c1. The summed E-state index contributed by atoms with van der Waals surface area (Å²) in [5, 5.41) is 2.86. The van der Waals surface area contributed by atoms with Crippen molar-refractivity contribution in [1.82, 2.24) is 10.2 Å². The summed E-state index contributed by atoms with van der Waals surface area (Å²) < 4.78 is 0. The summed E-state index contributed by atoms with van der Waals surface area (Å²) in [6.07, 6.45) is 4.83. The number of rotatable bonds is 7. The van der Waals surface area contributed by atoms with Crippen LogP contribution >= 0.6 is 0 Å². The summed E-state index contributed by atoms with van der Waals surface area (Å²) in [5.41, 5.74) is 3.09. The lowest BCUT2D eigenvalue weighted by atomic mass is 9.90. The third-order valence-electron chi connectivity index (χ3n) is 5.56. The zero-order chi connectivity index (χ0) is 19.8. The number of carbonyl (C=O) groups excluding carboxylic acids is 2. The molecule has 0 atom stereocenters. The Bertz CT molecular complexity index is 780. The van der Waals surface area contributed by atoms with E-state index in [1.54, 1.807) is 6.07 Å². The zero-order valence-corrected chi connectivity index (χ0v) is 16.7. The minimum atomic E-state index is -0.115. The molecule has 148 valence electrons. The van der Waals surface area contributed by atoms with Gasteiger partial charge in [-0.25, -0.2) is 0 Å². The van der Waals surface area contributed by atoms with Crippen LogP contribution in [0.25, 0.3) is 0 Å². The first kappa shape index (κ1) is 20.1. The lowest BCUT2D eigenvalue weighted by molar-refractivity contribution is -0.132. The van der Waals surface area contributed by atoms with Crippen LogP contribution in [0.4, 0.5) is 0 Å². The molecule has 0 spiro atoms. The van der Waals surface area contributed by atoms with E-state index in [1.807, 2.05) is 30.0 Å². The Kier molecular flexibility index (Phi) is 7.24. The van der Waals surface area contributed by atoms with Gasteiger partial charge in [0.2, 0.25) is 5.91 Å². The molecule has 2 amide bonds. The molecule has 4 heteroatoms. The van der Waals surface area contributed by atoms with Crippen LogP contribution in [0.3, 0.4) is 0 Å². The molecule has 4 nitrogen and oxygen atoms in total. The van der Waals surface area contributed by atoms with Crippen molar-refractivity contribution >= 4 is 11.8 Å². The van der Waals surface area contributed by atoms with Crippen LogP contribution in [0.1, 0.15) is 47.2 Å². The third kappa shape index (κ3) is 5.95. The Morgan fingerprint density at radius 3 is 2.50 bits per heavy atom. The van der Waals surface area contributed by atoms with E-state index >= 15 is 0 Å². The molecule has 1 aliphatic heterocycles. The van der Waals surface area contributed by atoms with Crippen molar-refractivity contribution in [2.45, 2.75) is 39.0 Å². The third-order valence-corrected chi connectivity index (χ3v) is 5.56.